The lowest BCUT2D eigenvalue weighted by Gasteiger charge is -2.24. The maximum atomic E-state index is 12.7. The highest BCUT2D eigenvalue weighted by Gasteiger charge is 2.31. The van der Waals surface area contributed by atoms with Crippen molar-refractivity contribution >= 4 is 29.7 Å². The van der Waals surface area contributed by atoms with E-state index in [9.17, 15) is 29.1 Å². The quantitative estimate of drug-likeness (QED) is 0.135. The van der Waals surface area contributed by atoms with Gasteiger partial charge in [0.1, 0.15) is 29.9 Å². The van der Waals surface area contributed by atoms with E-state index < -0.39 is 73.5 Å². The summed E-state index contributed by atoms with van der Waals surface area (Å²) in [5.74, 6) is -6.17. The lowest BCUT2D eigenvalue weighted by atomic mass is 10.0. The van der Waals surface area contributed by atoms with Crippen LogP contribution in [0.25, 0.3) is 0 Å². The van der Waals surface area contributed by atoms with Crippen LogP contribution >= 0.6 is 0 Å². The van der Waals surface area contributed by atoms with Crippen LogP contribution < -0.4 is 21.7 Å². The molecule has 0 bridgehead atoms. The van der Waals surface area contributed by atoms with Crippen molar-refractivity contribution in [1.82, 2.24) is 16.0 Å². The lowest BCUT2D eigenvalue weighted by Crippen LogP contribution is -2.58. The van der Waals surface area contributed by atoms with E-state index in [2.05, 4.69) is 10.6 Å². The minimum Gasteiger partial charge on any atom is -0.508 e. The van der Waals surface area contributed by atoms with Gasteiger partial charge >= 0.3 is 11.9 Å². The SMILES string of the molecule is N[C@@H](CO)C(=O)N[C@@H](CC(=O)O)C(=O)N[C@@H](Cc1ccc(O)cc1)C(=O)N[C@@H](CO)C(=O)O. The van der Waals surface area contributed by atoms with Crippen LogP contribution in [0, 0.1) is 0 Å². The number of carboxylic acid groups (broad SMARTS) is 2. The first-order valence-corrected chi connectivity index (χ1v) is 9.59. The summed E-state index contributed by atoms with van der Waals surface area (Å²) in [6.07, 6.45) is -1.09. The van der Waals surface area contributed by atoms with E-state index in [0.717, 1.165) is 0 Å². The number of aromatic hydroxyl groups is 1. The molecule has 0 saturated carbocycles. The number of aliphatic hydroxyl groups is 2. The molecule has 14 heteroatoms. The molecule has 0 fully saturated rings. The van der Waals surface area contributed by atoms with Crippen LogP contribution in [0.5, 0.6) is 5.75 Å². The Labute approximate surface area is 187 Å². The molecule has 0 aliphatic rings. The molecule has 10 N–H and O–H groups in total. The Morgan fingerprint density at radius 3 is 1.79 bits per heavy atom. The molecule has 0 radical (unpaired) electrons. The van der Waals surface area contributed by atoms with Crippen molar-refractivity contribution in [3.8, 4) is 5.75 Å². The summed E-state index contributed by atoms with van der Waals surface area (Å²) in [5.41, 5.74) is 5.79. The van der Waals surface area contributed by atoms with Gasteiger partial charge in [0, 0.05) is 6.42 Å². The molecular formula is C19H26N4O10. The summed E-state index contributed by atoms with van der Waals surface area (Å²) in [5, 5.41) is 51.9. The van der Waals surface area contributed by atoms with E-state index in [0.29, 0.717) is 5.56 Å². The van der Waals surface area contributed by atoms with Gasteiger partial charge in [-0.15, -0.1) is 0 Å². The molecule has 1 aromatic carbocycles. The van der Waals surface area contributed by atoms with Crippen molar-refractivity contribution in [3.05, 3.63) is 29.8 Å². The van der Waals surface area contributed by atoms with Crippen LogP contribution in [0.2, 0.25) is 0 Å². The highest BCUT2D eigenvalue weighted by Crippen LogP contribution is 2.12. The van der Waals surface area contributed by atoms with Gasteiger partial charge in [-0.05, 0) is 17.7 Å². The van der Waals surface area contributed by atoms with E-state index in [1.54, 1.807) is 0 Å². The second-order valence-corrected chi connectivity index (χ2v) is 6.96. The number of phenols is 1. The van der Waals surface area contributed by atoms with Crippen LogP contribution in [-0.4, -0.2) is 92.6 Å². The van der Waals surface area contributed by atoms with Crippen LogP contribution in [0.3, 0.4) is 0 Å². The fraction of sp³-hybridized carbons (Fsp3) is 0.421. The first kappa shape index (κ1) is 27.3. The number of carbonyl (C=O) groups excluding carboxylic acids is 3. The highest BCUT2D eigenvalue weighted by atomic mass is 16.4. The first-order chi connectivity index (χ1) is 15.5. The number of carboxylic acids is 2. The van der Waals surface area contributed by atoms with Gasteiger partial charge < -0.3 is 47.2 Å². The molecule has 0 heterocycles. The van der Waals surface area contributed by atoms with E-state index >= 15 is 0 Å². The van der Waals surface area contributed by atoms with Crippen molar-refractivity contribution in [2.45, 2.75) is 37.0 Å². The summed E-state index contributed by atoms with van der Waals surface area (Å²) in [7, 11) is 0. The third-order valence-corrected chi connectivity index (χ3v) is 4.35. The molecule has 1 aromatic rings. The maximum absolute atomic E-state index is 12.7. The van der Waals surface area contributed by atoms with E-state index in [4.69, 9.17) is 26.2 Å². The van der Waals surface area contributed by atoms with E-state index in [1.165, 1.54) is 24.3 Å². The van der Waals surface area contributed by atoms with Crippen LogP contribution in [0.4, 0.5) is 0 Å². The third-order valence-electron chi connectivity index (χ3n) is 4.35. The zero-order chi connectivity index (χ0) is 25.1. The minimum atomic E-state index is -1.67. The van der Waals surface area contributed by atoms with E-state index in [-0.39, 0.29) is 12.2 Å². The fourth-order valence-electron chi connectivity index (χ4n) is 2.55. The summed E-state index contributed by atoms with van der Waals surface area (Å²) >= 11 is 0. The molecule has 14 nitrogen and oxygen atoms in total. The van der Waals surface area contributed by atoms with Gasteiger partial charge in [0.15, 0.2) is 0 Å². The number of phenolic OH excluding ortho intramolecular Hbond substituents is 1. The highest BCUT2D eigenvalue weighted by molar-refractivity contribution is 5.95. The average Bonchev–Trinajstić information content (AvgIpc) is 2.76. The number of hydrogen-bond donors (Lipinski definition) is 9. The van der Waals surface area contributed by atoms with Crippen molar-refractivity contribution in [1.29, 1.82) is 0 Å². The van der Waals surface area contributed by atoms with Crippen molar-refractivity contribution in [2.24, 2.45) is 5.73 Å². The summed E-state index contributed by atoms with van der Waals surface area (Å²) in [4.78, 5) is 59.5. The number of aliphatic carboxylic acids is 2. The van der Waals surface area contributed by atoms with Gasteiger partial charge in [-0.1, -0.05) is 12.1 Å². The first-order valence-electron chi connectivity index (χ1n) is 9.59. The number of carbonyl (C=O) groups is 5. The topological polar surface area (TPSA) is 249 Å². The summed E-state index contributed by atoms with van der Waals surface area (Å²) < 4.78 is 0. The minimum absolute atomic E-state index is 0.0699. The number of nitrogens with one attached hydrogen (secondary N) is 3. The Morgan fingerprint density at radius 1 is 0.788 bits per heavy atom. The Hall–Kier alpha value is -3.75. The van der Waals surface area contributed by atoms with Gasteiger partial charge in [-0.2, -0.15) is 0 Å². The molecule has 3 amide bonds. The molecule has 0 aromatic heterocycles. The fourth-order valence-corrected chi connectivity index (χ4v) is 2.55. The van der Waals surface area contributed by atoms with Gasteiger partial charge in [-0.25, -0.2) is 4.79 Å². The summed E-state index contributed by atoms with van der Waals surface area (Å²) in [6.45, 7) is -1.70. The monoisotopic (exact) mass is 470 g/mol. The Bertz CT molecular complexity index is 861. The molecule has 0 saturated heterocycles. The molecule has 182 valence electrons. The number of amides is 3. The van der Waals surface area contributed by atoms with Crippen LogP contribution in [-0.2, 0) is 30.4 Å². The largest absolute Gasteiger partial charge is 0.508 e. The molecule has 0 aliphatic heterocycles. The van der Waals surface area contributed by atoms with Crippen LogP contribution in [0.15, 0.2) is 24.3 Å². The lowest BCUT2D eigenvalue weighted by molar-refractivity contribution is -0.144. The Morgan fingerprint density at radius 2 is 1.30 bits per heavy atom. The van der Waals surface area contributed by atoms with Gasteiger partial charge in [0.25, 0.3) is 0 Å². The molecule has 33 heavy (non-hydrogen) atoms. The molecule has 0 spiro atoms. The van der Waals surface area contributed by atoms with Gasteiger partial charge in [0.05, 0.1) is 19.6 Å². The van der Waals surface area contributed by atoms with Crippen molar-refractivity contribution in [3.63, 3.8) is 0 Å². The predicted octanol–water partition coefficient (Wildman–Crippen LogP) is -3.74. The smallest absolute Gasteiger partial charge is 0.328 e. The number of nitrogens with two attached hydrogens (primary N) is 1. The second-order valence-electron chi connectivity index (χ2n) is 6.96. The molecule has 0 unspecified atom stereocenters. The van der Waals surface area contributed by atoms with Gasteiger partial charge in [-0.3, -0.25) is 19.2 Å². The summed E-state index contributed by atoms with van der Waals surface area (Å²) in [6, 6.07) is -0.739. The normalized spacial score (nSPS) is 14.3. The number of aliphatic hydroxyl groups excluding tert-OH is 2. The van der Waals surface area contributed by atoms with Crippen molar-refractivity contribution < 1.29 is 49.5 Å². The van der Waals surface area contributed by atoms with Gasteiger partial charge in [0.2, 0.25) is 17.7 Å². The number of rotatable bonds is 13. The molecular weight excluding hydrogens is 444 g/mol. The third kappa shape index (κ3) is 9.10. The number of benzene rings is 1. The maximum Gasteiger partial charge on any atom is 0.328 e. The van der Waals surface area contributed by atoms with Crippen LogP contribution in [0.1, 0.15) is 12.0 Å². The zero-order valence-corrected chi connectivity index (χ0v) is 17.3. The number of hydrogen-bond acceptors (Lipinski definition) is 9. The standard InChI is InChI=1S/C19H26N4O10/c20-11(7-24)16(29)21-13(6-15(27)28)18(31)22-12(5-9-1-3-10(26)4-2-9)17(30)23-14(8-25)19(32)33/h1-4,11-14,24-26H,5-8,20H2,(H,21,29)(H,22,31)(H,23,30)(H,27,28)(H,32,33)/t11-,12-,13-,14-/m0/s1. The average molecular weight is 470 g/mol. The van der Waals surface area contributed by atoms with E-state index in [1.807, 2.05) is 5.32 Å². The Kier molecular flexibility index (Phi) is 10.7. The Balaban J connectivity index is 3.12. The predicted molar refractivity (Wildman–Crippen MR) is 110 cm³/mol. The molecule has 0 aliphatic carbocycles. The molecule has 1 rings (SSSR count). The molecule has 4 atom stereocenters. The zero-order valence-electron chi connectivity index (χ0n) is 17.3. The second kappa shape index (κ2) is 12.9. The van der Waals surface area contributed by atoms with Crippen molar-refractivity contribution in [2.75, 3.05) is 13.2 Å².